The minimum Gasteiger partial charge on any atom is -0.398 e. The average Bonchev–Trinajstić information content (AvgIpc) is 2.71. The van der Waals surface area contributed by atoms with Gasteiger partial charge in [-0.25, -0.2) is 8.42 Å². The van der Waals surface area contributed by atoms with Gasteiger partial charge in [-0.3, -0.25) is 0 Å². The number of halogens is 1. The summed E-state index contributed by atoms with van der Waals surface area (Å²) in [7, 11) is -3.24. The molecule has 1 heterocycles. The third-order valence-corrected chi connectivity index (χ3v) is 6.24. The zero-order valence-electron chi connectivity index (χ0n) is 10.1. The monoisotopic (exact) mass is 333 g/mol. The highest BCUT2D eigenvalue weighted by atomic mass is 79.9. The molecule has 18 heavy (non-hydrogen) atoms. The molecule has 0 saturated carbocycles. The van der Waals surface area contributed by atoms with Gasteiger partial charge in [-0.05, 0) is 25.5 Å². The first-order chi connectivity index (χ1) is 8.42. The van der Waals surface area contributed by atoms with E-state index < -0.39 is 15.1 Å². The van der Waals surface area contributed by atoms with Gasteiger partial charge >= 0.3 is 0 Å². The fraction of sp³-hybridized carbons (Fsp3) is 0.500. The summed E-state index contributed by atoms with van der Waals surface area (Å²) in [6, 6.07) is 5.30. The molecule has 0 bridgehead atoms. The summed E-state index contributed by atoms with van der Waals surface area (Å²) in [5.41, 5.74) is 6.97. The summed E-state index contributed by atoms with van der Waals surface area (Å²) in [4.78, 5) is 0. The van der Waals surface area contributed by atoms with E-state index in [0.717, 1.165) is 4.47 Å². The Labute approximate surface area is 116 Å². The Kier molecular flexibility index (Phi) is 3.99. The number of ether oxygens (including phenoxy) is 1. The van der Waals surface area contributed by atoms with Crippen LogP contribution in [0.3, 0.4) is 0 Å². The second-order valence-corrected chi connectivity index (χ2v) is 7.59. The smallest absolute Gasteiger partial charge is 0.160 e. The number of nitrogens with two attached hydrogens (primary N) is 1. The molecule has 2 N–H and O–H groups in total. The topological polar surface area (TPSA) is 69.4 Å². The molecule has 2 unspecified atom stereocenters. The maximum atomic E-state index is 12.4. The lowest BCUT2D eigenvalue weighted by atomic mass is 10.2. The zero-order valence-corrected chi connectivity index (χ0v) is 12.5. The van der Waals surface area contributed by atoms with Crippen molar-refractivity contribution in [1.82, 2.24) is 0 Å². The first-order valence-corrected chi connectivity index (χ1v) is 8.28. The molecule has 2 atom stereocenters. The van der Waals surface area contributed by atoms with E-state index in [2.05, 4.69) is 15.9 Å². The van der Waals surface area contributed by atoms with Crippen LogP contribution >= 0.6 is 15.9 Å². The van der Waals surface area contributed by atoms with Gasteiger partial charge in [0.2, 0.25) is 0 Å². The second-order valence-electron chi connectivity index (χ2n) is 4.52. The number of sulfone groups is 1. The third kappa shape index (κ3) is 2.70. The van der Waals surface area contributed by atoms with Gasteiger partial charge in [0.15, 0.2) is 9.84 Å². The SMILES string of the molecule is CC1OCCC1S(=O)(=O)Cc1c(N)cccc1Br. The minimum atomic E-state index is -3.24. The number of hydrogen-bond donors (Lipinski definition) is 1. The molecule has 1 saturated heterocycles. The Bertz CT molecular complexity index is 524. The molecule has 1 aromatic rings. The fourth-order valence-corrected chi connectivity index (χ4v) is 4.98. The lowest BCUT2D eigenvalue weighted by molar-refractivity contribution is 0.126. The van der Waals surface area contributed by atoms with Crippen molar-refractivity contribution in [2.75, 3.05) is 12.3 Å². The van der Waals surface area contributed by atoms with Crippen LogP contribution in [0, 0.1) is 0 Å². The summed E-state index contributed by atoms with van der Waals surface area (Å²) in [6.07, 6.45) is 0.326. The van der Waals surface area contributed by atoms with Gasteiger partial charge in [-0.1, -0.05) is 22.0 Å². The van der Waals surface area contributed by atoms with Gasteiger partial charge in [-0.2, -0.15) is 0 Å². The molecule has 1 aliphatic rings. The summed E-state index contributed by atoms with van der Waals surface area (Å²) in [6.45, 7) is 2.31. The maximum absolute atomic E-state index is 12.4. The number of nitrogen functional groups attached to an aromatic ring is 1. The van der Waals surface area contributed by atoms with Crippen LogP contribution in [0.2, 0.25) is 0 Å². The molecule has 1 aromatic carbocycles. The van der Waals surface area contributed by atoms with Crippen LogP contribution in [-0.2, 0) is 20.3 Å². The number of rotatable bonds is 3. The number of anilines is 1. The maximum Gasteiger partial charge on any atom is 0.160 e. The molecular weight excluding hydrogens is 318 g/mol. The van der Waals surface area contributed by atoms with Crippen molar-refractivity contribution in [2.45, 2.75) is 30.5 Å². The molecule has 1 aliphatic heterocycles. The van der Waals surface area contributed by atoms with E-state index in [0.29, 0.717) is 24.3 Å². The van der Waals surface area contributed by atoms with Gasteiger partial charge in [0, 0.05) is 22.3 Å². The Balaban J connectivity index is 2.28. The van der Waals surface area contributed by atoms with Gasteiger partial charge in [0.05, 0.1) is 17.1 Å². The number of benzene rings is 1. The predicted octanol–water partition coefficient (Wildman–Crippen LogP) is 2.12. The quantitative estimate of drug-likeness (QED) is 0.860. The molecule has 4 nitrogen and oxygen atoms in total. The van der Waals surface area contributed by atoms with Crippen molar-refractivity contribution >= 4 is 31.5 Å². The van der Waals surface area contributed by atoms with Crippen LogP contribution in [0.1, 0.15) is 18.9 Å². The summed E-state index contributed by atoms with van der Waals surface area (Å²) < 4.78 is 30.8. The van der Waals surface area contributed by atoms with E-state index in [1.807, 2.05) is 0 Å². The van der Waals surface area contributed by atoms with Crippen LogP contribution < -0.4 is 5.73 Å². The average molecular weight is 334 g/mol. The normalized spacial score (nSPS) is 24.3. The highest BCUT2D eigenvalue weighted by Crippen LogP contribution is 2.29. The molecule has 1 fully saturated rings. The Morgan fingerprint density at radius 1 is 1.50 bits per heavy atom. The van der Waals surface area contributed by atoms with E-state index >= 15 is 0 Å². The second kappa shape index (κ2) is 5.19. The first kappa shape index (κ1) is 13.8. The first-order valence-electron chi connectivity index (χ1n) is 5.78. The van der Waals surface area contributed by atoms with Crippen LogP contribution in [-0.4, -0.2) is 26.4 Å². The summed E-state index contributed by atoms with van der Waals surface area (Å²) >= 11 is 3.35. The van der Waals surface area contributed by atoms with E-state index in [9.17, 15) is 8.42 Å². The molecule has 0 radical (unpaired) electrons. The lowest BCUT2D eigenvalue weighted by Gasteiger charge is -2.16. The Morgan fingerprint density at radius 3 is 2.78 bits per heavy atom. The van der Waals surface area contributed by atoms with Gasteiger partial charge in [0.25, 0.3) is 0 Å². The number of hydrogen-bond acceptors (Lipinski definition) is 4. The van der Waals surface area contributed by atoms with Gasteiger partial charge < -0.3 is 10.5 Å². The molecule has 2 rings (SSSR count). The fourth-order valence-electron chi connectivity index (χ4n) is 2.22. The van der Waals surface area contributed by atoms with Crippen LogP contribution in [0.25, 0.3) is 0 Å². The lowest BCUT2D eigenvalue weighted by Crippen LogP contribution is -2.29. The van der Waals surface area contributed by atoms with Crippen molar-refractivity contribution in [3.05, 3.63) is 28.2 Å². The molecular formula is C12H16BrNO3S. The van der Waals surface area contributed by atoms with Crippen molar-refractivity contribution < 1.29 is 13.2 Å². The van der Waals surface area contributed by atoms with Crippen molar-refractivity contribution in [2.24, 2.45) is 0 Å². The highest BCUT2D eigenvalue weighted by Gasteiger charge is 2.36. The van der Waals surface area contributed by atoms with Crippen LogP contribution in [0.15, 0.2) is 22.7 Å². The Hall–Kier alpha value is -0.590. The van der Waals surface area contributed by atoms with E-state index in [4.69, 9.17) is 10.5 Å². The Morgan fingerprint density at radius 2 is 2.22 bits per heavy atom. The van der Waals surface area contributed by atoms with Crippen molar-refractivity contribution in [3.63, 3.8) is 0 Å². The molecule has 0 aliphatic carbocycles. The van der Waals surface area contributed by atoms with Crippen LogP contribution in [0.4, 0.5) is 5.69 Å². The minimum absolute atomic E-state index is 0.0430. The predicted molar refractivity (Wildman–Crippen MR) is 75.0 cm³/mol. The zero-order chi connectivity index (χ0) is 13.3. The standard InChI is InChI=1S/C12H16BrNO3S/c1-8-12(5-6-17-8)18(15,16)7-9-10(13)3-2-4-11(9)14/h2-4,8,12H,5-7,14H2,1H3. The third-order valence-electron chi connectivity index (χ3n) is 3.27. The van der Waals surface area contributed by atoms with Gasteiger partial charge in [0.1, 0.15) is 0 Å². The van der Waals surface area contributed by atoms with Crippen LogP contribution in [0.5, 0.6) is 0 Å². The molecule has 100 valence electrons. The molecule has 0 spiro atoms. The molecule has 0 aromatic heterocycles. The van der Waals surface area contributed by atoms with Crippen molar-refractivity contribution in [3.8, 4) is 0 Å². The molecule has 0 amide bonds. The van der Waals surface area contributed by atoms with E-state index in [1.54, 1.807) is 25.1 Å². The van der Waals surface area contributed by atoms with E-state index in [-0.39, 0.29) is 11.9 Å². The van der Waals surface area contributed by atoms with Gasteiger partial charge in [-0.15, -0.1) is 0 Å². The molecule has 6 heteroatoms. The summed E-state index contributed by atoms with van der Waals surface area (Å²) in [5.74, 6) is -0.0430. The van der Waals surface area contributed by atoms with Crippen molar-refractivity contribution in [1.29, 1.82) is 0 Å². The summed E-state index contributed by atoms with van der Waals surface area (Å²) in [5, 5.41) is -0.427. The largest absolute Gasteiger partial charge is 0.398 e. The van der Waals surface area contributed by atoms with E-state index in [1.165, 1.54) is 0 Å². The highest BCUT2D eigenvalue weighted by molar-refractivity contribution is 9.10.